The van der Waals surface area contributed by atoms with Gasteiger partial charge in [-0.3, -0.25) is 0 Å². The van der Waals surface area contributed by atoms with Gasteiger partial charge in [-0.2, -0.15) is 17.4 Å². The van der Waals surface area contributed by atoms with Crippen LogP contribution < -0.4 is 4.72 Å². The molecule has 1 N–H and O–H groups in total. The van der Waals surface area contributed by atoms with Crippen LogP contribution in [0.3, 0.4) is 0 Å². The molecule has 0 aliphatic carbocycles. The molecule has 1 fully saturated rings. The van der Waals surface area contributed by atoms with Gasteiger partial charge in [0.2, 0.25) is 0 Å². The second-order valence-corrected chi connectivity index (χ2v) is 6.60. The van der Waals surface area contributed by atoms with E-state index in [1.165, 1.54) is 4.31 Å². The number of rotatable bonds is 5. The highest BCUT2D eigenvalue weighted by Crippen LogP contribution is 2.16. The second kappa shape index (κ2) is 5.87. The number of alkyl halides is 2. The molecule has 0 unspecified atom stereocenters. The van der Waals surface area contributed by atoms with Crippen molar-refractivity contribution in [2.45, 2.75) is 31.7 Å². The first-order chi connectivity index (χ1) is 7.43. The van der Waals surface area contributed by atoms with Crippen LogP contribution in [0.2, 0.25) is 0 Å². The molecule has 7 heteroatoms. The first-order valence-electron chi connectivity index (χ1n) is 5.34. The summed E-state index contributed by atoms with van der Waals surface area (Å²) in [6, 6.07) is 0. The van der Waals surface area contributed by atoms with Crippen molar-refractivity contribution in [3.05, 3.63) is 0 Å². The maximum absolute atomic E-state index is 12.0. The smallest absolute Gasteiger partial charge is 0.195 e. The van der Waals surface area contributed by atoms with Gasteiger partial charge >= 0.3 is 0 Å². The molecule has 1 heterocycles. The zero-order valence-electron chi connectivity index (χ0n) is 9.38. The summed E-state index contributed by atoms with van der Waals surface area (Å²) in [5.74, 6) is 0.313. The van der Waals surface area contributed by atoms with E-state index < -0.39 is 15.7 Å². The normalized spacial score (nSPS) is 19.9. The minimum absolute atomic E-state index is 0.156. The van der Waals surface area contributed by atoms with Crippen LogP contribution in [0.4, 0.5) is 0 Å². The Balaban J connectivity index is 2.70. The summed E-state index contributed by atoms with van der Waals surface area (Å²) >= 11 is 11.4. The van der Waals surface area contributed by atoms with E-state index in [1.54, 1.807) is 6.92 Å². The Labute approximate surface area is 107 Å². The fourth-order valence-corrected chi connectivity index (χ4v) is 3.78. The summed E-state index contributed by atoms with van der Waals surface area (Å²) in [5.41, 5.74) is -0.778. The monoisotopic (exact) mass is 288 g/mol. The Morgan fingerprint density at radius 2 is 1.69 bits per heavy atom. The van der Waals surface area contributed by atoms with Crippen LogP contribution in [-0.2, 0) is 10.2 Å². The molecule has 96 valence electrons. The molecule has 1 aliphatic heterocycles. The van der Waals surface area contributed by atoms with E-state index in [9.17, 15) is 8.42 Å². The molecule has 1 aliphatic rings. The van der Waals surface area contributed by atoms with Crippen molar-refractivity contribution in [3.8, 4) is 0 Å². The zero-order chi connectivity index (χ0) is 12.2. The highest BCUT2D eigenvalue weighted by Gasteiger charge is 2.32. The molecule has 0 atom stereocenters. The van der Waals surface area contributed by atoms with Crippen LogP contribution in [0.5, 0.6) is 0 Å². The van der Waals surface area contributed by atoms with Crippen LogP contribution in [-0.4, -0.2) is 43.1 Å². The molecule has 4 nitrogen and oxygen atoms in total. The van der Waals surface area contributed by atoms with Crippen LogP contribution >= 0.6 is 23.2 Å². The number of halogens is 2. The molecule has 0 saturated carbocycles. The van der Waals surface area contributed by atoms with Crippen LogP contribution in [0, 0.1) is 0 Å². The van der Waals surface area contributed by atoms with Gasteiger partial charge in [0.1, 0.15) is 0 Å². The lowest BCUT2D eigenvalue weighted by Crippen LogP contribution is -2.55. The number of nitrogens with one attached hydrogen (secondary N) is 1. The Morgan fingerprint density at radius 3 is 2.12 bits per heavy atom. The van der Waals surface area contributed by atoms with Crippen LogP contribution in [0.15, 0.2) is 0 Å². The number of piperidine rings is 1. The highest BCUT2D eigenvalue weighted by molar-refractivity contribution is 7.87. The van der Waals surface area contributed by atoms with Crippen molar-refractivity contribution in [2.24, 2.45) is 0 Å². The molecule has 0 aromatic heterocycles. The van der Waals surface area contributed by atoms with Crippen molar-refractivity contribution in [1.29, 1.82) is 0 Å². The topological polar surface area (TPSA) is 49.4 Å². The average Bonchev–Trinajstić information content (AvgIpc) is 2.29. The molecule has 1 saturated heterocycles. The Morgan fingerprint density at radius 1 is 1.19 bits per heavy atom. The van der Waals surface area contributed by atoms with E-state index in [4.69, 9.17) is 23.2 Å². The zero-order valence-corrected chi connectivity index (χ0v) is 11.7. The van der Waals surface area contributed by atoms with Crippen molar-refractivity contribution in [2.75, 3.05) is 24.8 Å². The Kier molecular flexibility index (Phi) is 5.32. The van der Waals surface area contributed by atoms with Crippen molar-refractivity contribution in [1.82, 2.24) is 9.03 Å². The van der Waals surface area contributed by atoms with E-state index in [0.717, 1.165) is 19.3 Å². The fraction of sp³-hybridized carbons (Fsp3) is 1.00. The molecule has 16 heavy (non-hydrogen) atoms. The van der Waals surface area contributed by atoms with E-state index in [1.807, 2.05) is 0 Å². The standard InChI is InChI=1S/C9H18Cl2N2O2S/c1-9(7-10,8-11)12-16(14,15)13-5-3-2-4-6-13/h12H,2-8H2,1H3. The van der Waals surface area contributed by atoms with Gasteiger partial charge in [0, 0.05) is 24.8 Å². The van der Waals surface area contributed by atoms with Gasteiger partial charge in [0.05, 0.1) is 5.54 Å². The van der Waals surface area contributed by atoms with Gasteiger partial charge < -0.3 is 0 Å². The largest absolute Gasteiger partial charge is 0.280 e. The summed E-state index contributed by atoms with van der Waals surface area (Å²) in [6.45, 7) is 2.86. The number of nitrogens with zero attached hydrogens (tertiary/aromatic N) is 1. The van der Waals surface area contributed by atoms with Crippen molar-refractivity contribution < 1.29 is 8.42 Å². The average molecular weight is 289 g/mol. The van der Waals surface area contributed by atoms with E-state index in [0.29, 0.717) is 13.1 Å². The maximum atomic E-state index is 12.0. The van der Waals surface area contributed by atoms with Crippen molar-refractivity contribution in [3.63, 3.8) is 0 Å². The van der Waals surface area contributed by atoms with Gasteiger partial charge in [0.15, 0.2) is 0 Å². The Hall–Kier alpha value is 0.450. The molecule has 0 amide bonds. The third-order valence-electron chi connectivity index (χ3n) is 2.62. The van der Waals surface area contributed by atoms with E-state index >= 15 is 0 Å². The quantitative estimate of drug-likeness (QED) is 0.781. The number of hydrogen-bond acceptors (Lipinski definition) is 2. The van der Waals surface area contributed by atoms with Gasteiger partial charge in [-0.1, -0.05) is 6.42 Å². The summed E-state index contributed by atoms with van der Waals surface area (Å²) < 4.78 is 28.1. The molecule has 0 radical (unpaired) electrons. The van der Waals surface area contributed by atoms with Crippen LogP contribution in [0.25, 0.3) is 0 Å². The first-order valence-corrected chi connectivity index (χ1v) is 7.85. The summed E-state index contributed by atoms with van der Waals surface area (Å²) in [5, 5.41) is 0. The summed E-state index contributed by atoms with van der Waals surface area (Å²) in [4.78, 5) is 0. The van der Waals surface area contributed by atoms with Crippen LogP contribution in [0.1, 0.15) is 26.2 Å². The molecule has 0 aromatic carbocycles. The lowest BCUT2D eigenvalue weighted by molar-refractivity contribution is 0.333. The SMILES string of the molecule is CC(CCl)(CCl)NS(=O)(=O)N1CCCCC1. The van der Waals surface area contributed by atoms with E-state index in [2.05, 4.69) is 4.72 Å². The summed E-state index contributed by atoms with van der Waals surface area (Å²) in [7, 11) is -3.45. The lowest BCUT2D eigenvalue weighted by atomic mass is 10.1. The predicted octanol–water partition coefficient (Wildman–Crippen LogP) is 1.54. The Bertz CT molecular complexity index is 311. The third kappa shape index (κ3) is 3.74. The molecular formula is C9H18Cl2N2O2S. The minimum Gasteiger partial charge on any atom is -0.195 e. The highest BCUT2D eigenvalue weighted by atomic mass is 35.5. The second-order valence-electron chi connectivity index (χ2n) is 4.39. The lowest BCUT2D eigenvalue weighted by Gasteiger charge is -2.32. The molecule has 1 rings (SSSR count). The van der Waals surface area contributed by atoms with Gasteiger partial charge in [-0.25, -0.2) is 0 Å². The minimum atomic E-state index is -3.45. The fourth-order valence-electron chi connectivity index (χ4n) is 1.57. The van der Waals surface area contributed by atoms with Gasteiger partial charge in [-0.15, -0.1) is 23.2 Å². The van der Waals surface area contributed by atoms with Gasteiger partial charge in [0.25, 0.3) is 10.2 Å². The van der Waals surface area contributed by atoms with E-state index in [-0.39, 0.29) is 11.8 Å². The molecule has 0 bridgehead atoms. The third-order valence-corrected chi connectivity index (χ3v) is 5.60. The predicted molar refractivity (Wildman–Crippen MR) is 67.3 cm³/mol. The molecular weight excluding hydrogens is 271 g/mol. The number of hydrogen-bond donors (Lipinski definition) is 1. The molecule has 0 spiro atoms. The van der Waals surface area contributed by atoms with Crippen molar-refractivity contribution >= 4 is 33.4 Å². The maximum Gasteiger partial charge on any atom is 0.280 e. The summed E-state index contributed by atoms with van der Waals surface area (Å²) in [6.07, 6.45) is 2.92. The van der Waals surface area contributed by atoms with Gasteiger partial charge in [-0.05, 0) is 19.8 Å². The first kappa shape index (κ1) is 14.5. The molecule has 0 aromatic rings.